The normalized spacial score (nSPS) is 20.3. The molecule has 4 nitrogen and oxygen atoms in total. The zero-order valence-corrected chi connectivity index (χ0v) is 12.5. The topological polar surface area (TPSA) is 49.8 Å². The molecule has 1 aromatic rings. The quantitative estimate of drug-likeness (QED) is 0.666. The van der Waals surface area contributed by atoms with Gasteiger partial charge in [0, 0.05) is 12.6 Å². The minimum atomic E-state index is -0.305. The molecular weight excluding hydrogens is 266 g/mol. The zero-order chi connectivity index (χ0) is 15.1. The van der Waals surface area contributed by atoms with Crippen molar-refractivity contribution in [2.75, 3.05) is 26.8 Å². The first-order valence-electron chi connectivity index (χ1n) is 7.43. The molecule has 0 amide bonds. The van der Waals surface area contributed by atoms with Crippen molar-refractivity contribution in [3.8, 4) is 0 Å². The number of hydrogen-bond donors (Lipinski definition) is 1. The third kappa shape index (κ3) is 4.41. The van der Waals surface area contributed by atoms with Crippen LogP contribution in [0, 0.1) is 0 Å². The fourth-order valence-electron chi connectivity index (χ4n) is 2.74. The first kappa shape index (κ1) is 15.7. The molecule has 1 aliphatic heterocycles. The third-order valence-corrected chi connectivity index (χ3v) is 3.92. The first-order valence-corrected chi connectivity index (χ1v) is 7.43. The number of ether oxygens (including phenoxy) is 1. The van der Waals surface area contributed by atoms with Crippen LogP contribution in [-0.4, -0.2) is 48.8 Å². The maximum atomic E-state index is 12.0. The van der Waals surface area contributed by atoms with Crippen molar-refractivity contribution in [1.29, 1.82) is 0 Å². The second-order valence-corrected chi connectivity index (χ2v) is 5.37. The van der Waals surface area contributed by atoms with Crippen LogP contribution in [-0.2, 0) is 9.53 Å². The molecule has 0 aromatic heterocycles. The van der Waals surface area contributed by atoms with E-state index in [1.807, 2.05) is 36.4 Å². The Morgan fingerprint density at radius 1 is 1.38 bits per heavy atom. The van der Waals surface area contributed by atoms with E-state index in [9.17, 15) is 9.90 Å². The first-order chi connectivity index (χ1) is 10.2. The molecule has 1 fully saturated rings. The smallest absolute Gasteiger partial charge is 0.335 e. The molecule has 1 aliphatic rings. The summed E-state index contributed by atoms with van der Waals surface area (Å²) >= 11 is 0. The highest BCUT2D eigenvalue weighted by molar-refractivity contribution is 5.94. The van der Waals surface area contributed by atoms with E-state index in [2.05, 4.69) is 4.90 Å². The van der Waals surface area contributed by atoms with Crippen LogP contribution in [0.3, 0.4) is 0 Å². The van der Waals surface area contributed by atoms with Crippen LogP contribution in [0.25, 0.3) is 6.08 Å². The highest BCUT2D eigenvalue weighted by atomic mass is 16.5. The van der Waals surface area contributed by atoms with Crippen molar-refractivity contribution in [3.63, 3.8) is 0 Å². The summed E-state index contributed by atoms with van der Waals surface area (Å²) in [6, 6.07) is 9.89. The summed E-state index contributed by atoms with van der Waals surface area (Å²) in [5.74, 6) is -0.305. The van der Waals surface area contributed by atoms with Gasteiger partial charge in [-0.05, 0) is 31.0 Å². The van der Waals surface area contributed by atoms with Crippen molar-refractivity contribution in [2.24, 2.45) is 0 Å². The Bertz CT molecular complexity index is 484. The number of nitrogens with zero attached hydrogens (tertiary/aromatic N) is 1. The lowest BCUT2D eigenvalue weighted by Crippen LogP contribution is -2.43. The summed E-state index contributed by atoms with van der Waals surface area (Å²) in [6.45, 7) is 1.57. The predicted molar refractivity (Wildman–Crippen MR) is 82.7 cm³/mol. The lowest BCUT2D eigenvalue weighted by atomic mass is 10.0. The third-order valence-electron chi connectivity index (χ3n) is 3.92. The molecule has 1 heterocycles. The van der Waals surface area contributed by atoms with Crippen LogP contribution < -0.4 is 0 Å². The van der Waals surface area contributed by atoms with Gasteiger partial charge >= 0.3 is 5.97 Å². The van der Waals surface area contributed by atoms with Crippen molar-refractivity contribution in [1.82, 2.24) is 4.90 Å². The number of hydrogen-bond acceptors (Lipinski definition) is 4. The fraction of sp³-hybridized carbons (Fsp3) is 0.471. The van der Waals surface area contributed by atoms with Crippen LogP contribution in [0.15, 0.2) is 35.9 Å². The van der Waals surface area contributed by atoms with Crippen molar-refractivity contribution in [3.05, 3.63) is 41.5 Å². The second kappa shape index (κ2) is 7.96. The van der Waals surface area contributed by atoms with Gasteiger partial charge in [-0.15, -0.1) is 0 Å². The van der Waals surface area contributed by atoms with E-state index in [0.29, 0.717) is 12.1 Å². The largest absolute Gasteiger partial charge is 0.466 e. The standard InChI is InChI=1S/C17H23NO3/c1-21-17(20)15(11-14-7-3-2-4-8-14)12-18-10-6-5-9-16(18)13-19/h2-4,7-8,11,16,19H,5-6,9-10,12-13H2,1H3/b15-11-. The molecular formula is C17H23NO3. The molecule has 0 aliphatic carbocycles. The molecule has 1 saturated heterocycles. The van der Waals surface area contributed by atoms with E-state index in [4.69, 9.17) is 4.74 Å². The number of rotatable bonds is 5. The summed E-state index contributed by atoms with van der Waals surface area (Å²) in [4.78, 5) is 14.2. The van der Waals surface area contributed by atoms with Crippen LogP contribution in [0.2, 0.25) is 0 Å². The molecule has 1 aromatic carbocycles. The number of methoxy groups -OCH3 is 1. The molecule has 21 heavy (non-hydrogen) atoms. The molecule has 0 bridgehead atoms. The Balaban J connectivity index is 2.16. The average molecular weight is 289 g/mol. The van der Waals surface area contributed by atoms with Gasteiger partial charge in [-0.2, -0.15) is 0 Å². The zero-order valence-electron chi connectivity index (χ0n) is 12.5. The molecule has 114 valence electrons. The van der Waals surface area contributed by atoms with E-state index >= 15 is 0 Å². The van der Waals surface area contributed by atoms with Gasteiger partial charge in [0.15, 0.2) is 0 Å². The van der Waals surface area contributed by atoms with Crippen LogP contribution in [0.4, 0.5) is 0 Å². The molecule has 1 atom stereocenters. The van der Waals surface area contributed by atoms with Crippen molar-refractivity contribution < 1.29 is 14.6 Å². The van der Waals surface area contributed by atoms with Gasteiger partial charge in [0.25, 0.3) is 0 Å². The van der Waals surface area contributed by atoms with Crippen molar-refractivity contribution >= 4 is 12.0 Å². The summed E-state index contributed by atoms with van der Waals surface area (Å²) in [7, 11) is 1.40. The number of aliphatic hydroxyl groups is 1. The maximum Gasteiger partial charge on any atom is 0.335 e. The second-order valence-electron chi connectivity index (χ2n) is 5.37. The average Bonchev–Trinajstić information content (AvgIpc) is 2.55. The van der Waals surface area contributed by atoms with E-state index in [1.54, 1.807) is 0 Å². The molecule has 2 rings (SSSR count). The van der Waals surface area contributed by atoms with Gasteiger partial charge in [0.1, 0.15) is 0 Å². The van der Waals surface area contributed by atoms with E-state index in [1.165, 1.54) is 7.11 Å². The number of piperidine rings is 1. The number of esters is 1. The van der Waals surface area contributed by atoms with Crippen molar-refractivity contribution in [2.45, 2.75) is 25.3 Å². The lowest BCUT2D eigenvalue weighted by molar-refractivity contribution is -0.136. The Morgan fingerprint density at radius 3 is 2.81 bits per heavy atom. The van der Waals surface area contributed by atoms with Crippen LogP contribution in [0.5, 0.6) is 0 Å². The number of carbonyl (C=O) groups is 1. The highest BCUT2D eigenvalue weighted by Crippen LogP contribution is 2.19. The number of benzene rings is 1. The number of carbonyl (C=O) groups excluding carboxylic acids is 1. The molecule has 1 unspecified atom stereocenters. The molecule has 1 N–H and O–H groups in total. The van der Waals surface area contributed by atoms with Gasteiger partial charge in [0.05, 0.1) is 19.3 Å². The SMILES string of the molecule is COC(=O)/C(=C\c1ccccc1)CN1CCCCC1CO. The molecule has 4 heteroatoms. The van der Waals surface area contributed by atoms with E-state index < -0.39 is 0 Å². The maximum absolute atomic E-state index is 12.0. The Morgan fingerprint density at radius 2 is 2.14 bits per heavy atom. The summed E-state index contributed by atoms with van der Waals surface area (Å²) in [6.07, 6.45) is 5.10. The molecule has 0 spiro atoms. The predicted octanol–water partition coefficient (Wildman–Crippen LogP) is 2.09. The van der Waals surface area contributed by atoms with Gasteiger partial charge in [0.2, 0.25) is 0 Å². The minimum absolute atomic E-state index is 0.139. The lowest BCUT2D eigenvalue weighted by Gasteiger charge is -2.34. The summed E-state index contributed by atoms with van der Waals surface area (Å²) in [5, 5.41) is 9.48. The van der Waals surface area contributed by atoms with Crippen LogP contribution >= 0.6 is 0 Å². The Labute approximate surface area is 126 Å². The van der Waals surface area contributed by atoms with Gasteiger partial charge in [-0.1, -0.05) is 36.8 Å². The minimum Gasteiger partial charge on any atom is -0.466 e. The fourth-order valence-corrected chi connectivity index (χ4v) is 2.74. The summed E-state index contributed by atoms with van der Waals surface area (Å²) < 4.78 is 4.90. The van der Waals surface area contributed by atoms with Gasteiger partial charge in [-0.25, -0.2) is 4.79 Å². The van der Waals surface area contributed by atoms with Crippen LogP contribution in [0.1, 0.15) is 24.8 Å². The monoisotopic (exact) mass is 289 g/mol. The Kier molecular flexibility index (Phi) is 5.96. The number of likely N-dealkylation sites (tertiary alicyclic amines) is 1. The van der Waals surface area contributed by atoms with E-state index in [-0.39, 0.29) is 18.6 Å². The summed E-state index contributed by atoms with van der Waals surface area (Å²) in [5.41, 5.74) is 1.61. The number of aliphatic hydroxyl groups excluding tert-OH is 1. The van der Waals surface area contributed by atoms with E-state index in [0.717, 1.165) is 31.4 Å². The molecule has 0 radical (unpaired) electrons. The molecule has 0 saturated carbocycles. The Hall–Kier alpha value is -1.65. The van der Waals surface area contributed by atoms with Gasteiger partial charge in [-0.3, -0.25) is 4.90 Å². The van der Waals surface area contributed by atoms with Gasteiger partial charge < -0.3 is 9.84 Å². The highest BCUT2D eigenvalue weighted by Gasteiger charge is 2.24.